The first kappa shape index (κ1) is 14.0. The van der Waals surface area contributed by atoms with Crippen LogP contribution in [0, 0.1) is 0 Å². The van der Waals surface area contributed by atoms with E-state index in [1.807, 2.05) is 30.5 Å². The van der Waals surface area contributed by atoms with Crippen LogP contribution in [0.1, 0.15) is 24.1 Å². The van der Waals surface area contributed by atoms with Crippen LogP contribution in [-0.2, 0) is 6.42 Å². The Balaban J connectivity index is 1.89. The molecule has 0 aliphatic carbocycles. The van der Waals surface area contributed by atoms with E-state index in [9.17, 15) is 5.11 Å². The van der Waals surface area contributed by atoms with E-state index in [1.165, 1.54) is 10.3 Å². The number of aromatic hydroxyl groups is 1. The lowest BCUT2D eigenvalue weighted by Crippen LogP contribution is -2.23. The molecule has 4 heteroatoms. The summed E-state index contributed by atoms with van der Waals surface area (Å²) in [6, 6.07) is 11.9. The second-order valence-electron chi connectivity index (χ2n) is 5.06. The molecule has 2 N–H and O–H groups in total. The predicted molar refractivity (Wildman–Crippen MR) is 87.8 cm³/mol. The van der Waals surface area contributed by atoms with E-state index in [0.717, 1.165) is 24.0 Å². The van der Waals surface area contributed by atoms with Crippen LogP contribution in [0.5, 0.6) is 5.75 Å². The van der Waals surface area contributed by atoms with E-state index in [1.54, 1.807) is 17.4 Å². The van der Waals surface area contributed by atoms with Gasteiger partial charge in [-0.3, -0.25) is 4.98 Å². The van der Waals surface area contributed by atoms with E-state index < -0.39 is 0 Å². The van der Waals surface area contributed by atoms with E-state index >= 15 is 0 Å². The first-order valence-corrected chi connectivity index (χ1v) is 7.98. The van der Waals surface area contributed by atoms with Gasteiger partial charge in [-0.15, -0.1) is 11.3 Å². The van der Waals surface area contributed by atoms with Crippen LogP contribution < -0.4 is 5.32 Å². The van der Waals surface area contributed by atoms with Crippen molar-refractivity contribution in [3.05, 3.63) is 59.1 Å². The highest BCUT2D eigenvalue weighted by atomic mass is 32.1. The fraction of sp³-hybridized carbons (Fsp3) is 0.235. The molecule has 21 heavy (non-hydrogen) atoms. The fourth-order valence-corrected chi connectivity index (χ4v) is 3.31. The Labute approximate surface area is 128 Å². The van der Waals surface area contributed by atoms with Gasteiger partial charge in [0.05, 0.1) is 10.2 Å². The normalized spacial score (nSPS) is 12.6. The third-order valence-corrected chi connectivity index (χ3v) is 4.38. The summed E-state index contributed by atoms with van der Waals surface area (Å²) in [5, 5.41) is 15.2. The van der Waals surface area contributed by atoms with Crippen LogP contribution in [0.4, 0.5) is 0 Å². The van der Waals surface area contributed by atoms with Crippen molar-refractivity contribution in [1.82, 2.24) is 10.3 Å². The average molecular weight is 298 g/mol. The second kappa shape index (κ2) is 6.24. The number of thiophene rings is 1. The third kappa shape index (κ3) is 3.23. The summed E-state index contributed by atoms with van der Waals surface area (Å²) in [6.07, 6.45) is 2.78. The molecule has 0 radical (unpaired) electrons. The summed E-state index contributed by atoms with van der Waals surface area (Å²) < 4.78 is 1.21. The Kier molecular flexibility index (Phi) is 4.18. The minimum Gasteiger partial charge on any atom is -0.508 e. The van der Waals surface area contributed by atoms with Gasteiger partial charge in [0.25, 0.3) is 0 Å². The van der Waals surface area contributed by atoms with Crippen molar-refractivity contribution in [1.29, 1.82) is 0 Å². The van der Waals surface area contributed by atoms with Gasteiger partial charge in [-0.05, 0) is 53.7 Å². The predicted octanol–water partition coefficient (Wildman–Crippen LogP) is 3.90. The number of hydrogen-bond acceptors (Lipinski definition) is 4. The Morgan fingerprint density at radius 3 is 3.00 bits per heavy atom. The lowest BCUT2D eigenvalue weighted by Gasteiger charge is -2.18. The molecule has 1 unspecified atom stereocenters. The number of hydrogen-bond donors (Lipinski definition) is 2. The summed E-state index contributed by atoms with van der Waals surface area (Å²) in [6.45, 7) is 3.00. The zero-order valence-electron chi connectivity index (χ0n) is 11.9. The second-order valence-corrected chi connectivity index (χ2v) is 6.00. The number of benzene rings is 1. The molecule has 1 aromatic carbocycles. The molecule has 0 aliphatic heterocycles. The molecule has 0 saturated heterocycles. The van der Waals surface area contributed by atoms with Crippen molar-refractivity contribution >= 4 is 21.6 Å². The lowest BCUT2D eigenvalue weighted by molar-refractivity contribution is 0.473. The van der Waals surface area contributed by atoms with Crippen LogP contribution in [0.15, 0.2) is 48.0 Å². The molecule has 3 rings (SSSR count). The van der Waals surface area contributed by atoms with Gasteiger partial charge in [0, 0.05) is 12.2 Å². The fourth-order valence-electron chi connectivity index (χ4n) is 2.53. The van der Waals surface area contributed by atoms with Gasteiger partial charge in [-0.25, -0.2) is 0 Å². The Bertz CT molecular complexity index is 738. The molecule has 0 saturated carbocycles. The molecular weight excluding hydrogens is 280 g/mol. The molecular formula is C17H18N2OS. The molecule has 1 atom stereocenters. The molecule has 3 aromatic rings. The highest BCUT2D eigenvalue weighted by Gasteiger charge is 2.13. The molecule has 0 aliphatic rings. The van der Waals surface area contributed by atoms with Crippen molar-refractivity contribution in [2.24, 2.45) is 0 Å². The first-order valence-electron chi connectivity index (χ1n) is 7.10. The molecule has 0 fully saturated rings. The zero-order chi connectivity index (χ0) is 14.7. The number of nitrogens with one attached hydrogen (secondary N) is 1. The van der Waals surface area contributed by atoms with E-state index in [4.69, 9.17) is 0 Å². The zero-order valence-corrected chi connectivity index (χ0v) is 12.7. The number of pyridine rings is 1. The quantitative estimate of drug-likeness (QED) is 0.751. The van der Waals surface area contributed by atoms with Crippen LogP contribution in [-0.4, -0.2) is 16.6 Å². The van der Waals surface area contributed by atoms with Crippen LogP contribution in [0.3, 0.4) is 0 Å². The maximum atomic E-state index is 9.61. The Morgan fingerprint density at radius 2 is 2.19 bits per heavy atom. The summed E-state index contributed by atoms with van der Waals surface area (Å²) in [4.78, 5) is 4.52. The van der Waals surface area contributed by atoms with Crippen molar-refractivity contribution in [3.8, 4) is 5.75 Å². The van der Waals surface area contributed by atoms with Gasteiger partial charge >= 0.3 is 0 Å². The van der Waals surface area contributed by atoms with E-state index in [2.05, 4.69) is 28.7 Å². The minimum absolute atomic E-state index is 0.204. The molecule has 0 spiro atoms. The molecule has 3 nitrogen and oxygen atoms in total. The van der Waals surface area contributed by atoms with E-state index in [0.29, 0.717) is 5.75 Å². The molecule has 0 amide bonds. The maximum Gasteiger partial charge on any atom is 0.115 e. The number of aromatic nitrogens is 1. The summed E-state index contributed by atoms with van der Waals surface area (Å²) in [7, 11) is 0. The Morgan fingerprint density at radius 1 is 1.29 bits per heavy atom. The van der Waals surface area contributed by atoms with Gasteiger partial charge < -0.3 is 10.4 Å². The topological polar surface area (TPSA) is 45.1 Å². The Hall–Kier alpha value is -1.91. The van der Waals surface area contributed by atoms with Crippen molar-refractivity contribution in [2.75, 3.05) is 6.54 Å². The molecule has 108 valence electrons. The number of fused-ring (bicyclic) bond motifs is 1. The number of phenols is 1. The average Bonchev–Trinajstić information content (AvgIpc) is 2.94. The minimum atomic E-state index is 0.204. The summed E-state index contributed by atoms with van der Waals surface area (Å²) in [5.74, 6) is 0.314. The van der Waals surface area contributed by atoms with Crippen molar-refractivity contribution in [3.63, 3.8) is 0 Å². The van der Waals surface area contributed by atoms with Crippen molar-refractivity contribution in [2.45, 2.75) is 19.4 Å². The third-order valence-electron chi connectivity index (χ3n) is 3.53. The van der Waals surface area contributed by atoms with Gasteiger partial charge in [-0.2, -0.15) is 0 Å². The first-order chi connectivity index (χ1) is 10.3. The number of rotatable bonds is 5. The van der Waals surface area contributed by atoms with Crippen LogP contribution >= 0.6 is 11.3 Å². The van der Waals surface area contributed by atoms with Crippen LogP contribution in [0.2, 0.25) is 0 Å². The standard InChI is InChI=1S/C17H18N2OS/c1-2-18-16(9-12-4-3-5-14(20)8-12)13-10-17-15(19-11-13)6-7-21-17/h3-8,10-11,16,18,20H,2,9H2,1H3. The molecule has 2 aromatic heterocycles. The molecule has 2 heterocycles. The van der Waals surface area contributed by atoms with Gasteiger partial charge in [-0.1, -0.05) is 19.1 Å². The molecule has 0 bridgehead atoms. The maximum absolute atomic E-state index is 9.61. The lowest BCUT2D eigenvalue weighted by atomic mass is 10.00. The summed E-state index contributed by atoms with van der Waals surface area (Å²) >= 11 is 1.72. The van der Waals surface area contributed by atoms with Crippen LogP contribution in [0.25, 0.3) is 10.2 Å². The largest absolute Gasteiger partial charge is 0.508 e. The smallest absolute Gasteiger partial charge is 0.115 e. The summed E-state index contributed by atoms with van der Waals surface area (Å²) in [5.41, 5.74) is 3.36. The SMILES string of the molecule is CCNC(Cc1cccc(O)c1)c1cnc2ccsc2c1. The highest BCUT2D eigenvalue weighted by Crippen LogP contribution is 2.25. The van der Waals surface area contributed by atoms with Gasteiger partial charge in [0.2, 0.25) is 0 Å². The van der Waals surface area contributed by atoms with Crippen molar-refractivity contribution < 1.29 is 5.11 Å². The highest BCUT2D eigenvalue weighted by molar-refractivity contribution is 7.17. The van der Waals surface area contributed by atoms with E-state index in [-0.39, 0.29) is 6.04 Å². The van der Waals surface area contributed by atoms with Gasteiger partial charge in [0.1, 0.15) is 5.75 Å². The number of nitrogens with zero attached hydrogens (tertiary/aromatic N) is 1. The monoisotopic (exact) mass is 298 g/mol. The number of phenolic OH excluding ortho intramolecular Hbond substituents is 1. The number of likely N-dealkylation sites (N-methyl/N-ethyl adjacent to an activating group) is 1. The van der Waals surface area contributed by atoms with Gasteiger partial charge in [0.15, 0.2) is 0 Å².